The lowest BCUT2D eigenvalue weighted by Gasteiger charge is -2.03. The van der Waals surface area contributed by atoms with Crippen molar-refractivity contribution in [1.82, 2.24) is 10.3 Å². The average Bonchev–Trinajstić information content (AvgIpc) is 2.95. The molecule has 0 spiro atoms. The number of hydrogen-bond donors (Lipinski definition) is 2. The lowest BCUT2D eigenvalue weighted by Crippen LogP contribution is -2.23. The van der Waals surface area contributed by atoms with Gasteiger partial charge in [-0.05, 0) is 24.1 Å². The van der Waals surface area contributed by atoms with E-state index in [1.807, 2.05) is 19.1 Å². The van der Waals surface area contributed by atoms with Crippen LogP contribution in [0.3, 0.4) is 0 Å². The first-order valence-corrected chi connectivity index (χ1v) is 6.71. The summed E-state index contributed by atoms with van der Waals surface area (Å²) in [6.45, 7) is 2.33. The second-order valence-corrected chi connectivity index (χ2v) is 4.83. The fourth-order valence-electron chi connectivity index (χ4n) is 1.61. The molecule has 1 heterocycles. The summed E-state index contributed by atoms with van der Waals surface area (Å²) in [6.07, 6.45) is 2.02. The van der Waals surface area contributed by atoms with Gasteiger partial charge < -0.3 is 15.5 Å². The first-order valence-electron chi connectivity index (χ1n) is 6.33. The van der Waals surface area contributed by atoms with E-state index in [9.17, 15) is 4.79 Å². The lowest BCUT2D eigenvalue weighted by molar-refractivity contribution is 0.0946. The van der Waals surface area contributed by atoms with Crippen molar-refractivity contribution in [3.8, 4) is 0 Å². The maximum atomic E-state index is 11.9. The van der Waals surface area contributed by atoms with E-state index < -0.39 is 0 Å². The van der Waals surface area contributed by atoms with E-state index >= 15 is 0 Å². The molecule has 0 fully saturated rings. The first kappa shape index (κ1) is 14.6. The Balaban J connectivity index is 1.94. The Morgan fingerprint density at radius 3 is 2.80 bits per heavy atom. The zero-order chi connectivity index (χ0) is 14.5. The number of carbonyl (C=O) groups excluding carboxylic acids is 1. The van der Waals surface area contributed by atoms with Crippen LogP contribution in [0.2, 0.25) is 5.02 Å². The molecule has 1 unspecified atom stereocenters. The Bertz CT molecular complexity index is 580. The van der Waals surface area contributed by atoms with Gasteiger partial charge in [0.25, 0.3) is 5.91 Å². The number of benzene rings is 1. The third kappa shape index (κ3) is 3.59. The molecular formula is C14H16ClN3O2. The van der Waals surface area contributed by atoms with Gasteiger partial charge in [0, 0.05) is 11.6 Å². The van der Waals surface area contributed by atoms with Gasteiger partial charge >= 0.3 is 0 Å². The van der Waals surface area contributed by atoms with Crippen molar-refractivity contribution in [2.24, 2.45) is 5.73 Å². The van der Waals surface area contributed by atoms with Crippen LogP contribution in [0.1, 0.15) is 41.3 Å². The van der Waals surface area contributed by atoms with Crippen LogP contribution >= 0.6 is 11.6 Å². The Labute approximate surface area is 122 Å². The molecule has 0 radical (unpaired) electrons. The minimum Gasteiger partial charge on any atom is -0.446 e. The van der Waals surface area contributed by atoms with Crippen molar-refractivity contribution in [1.29, 1.82) is 0 Å². The van der Waals surface area contributed by atoms with E-state index in [2.05, 4.69) is 10.3 Å². The maximum Gasteiger partial charge on any atom is 0.273 e. The van der Waals surface area contributed by atoms with Crippen LogP contribution in [0.25, 0.3) is 0 Å². The van der Waals surface area contributed by atoms with Crippen LogP contribution < -0.4 is 11.1 Å². The number of rotatable bonds is 5. The summed E-state index contributed by atoms with van der Waals surface area (Å²) >= 11 is 5.79. The zero-order valence-corrected chi connectivity index (χ0v) is 11.9. The number of hydrogen-bond acceptors (Lipinski definition) is 4. The number of oxazole rings is 1. The van der Waals surface area contributed by atoms with Gasteiger partial charge in [0.15, 0.2) is 5.69 Å². The normalized spacial score (nSPS) is 12.2. The van der Waals surface area contributed by atoms with Gasteiger partial charge in [0.05, 0.1) is 6.04 Å². The van der Waals surface area contributed by atoms with Crippen LogP contribution in [0.5, 0.6) is 0 Å². The zero-order valence-electron chi connectivity index (χ0n) is 11.1. The van der Waals surface area contributed by atoms with Crippen molar-refractivity contribution in [2.45, 2.75) is 25.9 Å². The predicted octanol–water partition coefficient (Wildman–Crippen LogP) is 2.67. The van der Waals surface area contributed by atoms with E-state index in [-0.39, 0.29) is 17.6 Å². The molecule has 0 aliphatic rings. The number of aromatic nitrogens is 1. The molecule has 1 aromatic carbocycles. The number of carbonyl (C=O) groups is 1. The van der Waals surface area contributed by atoms with Crippen molar-refractivity contribution >= 4 is 17.5 Å². The summed E-state index contributed by atoms with van der Waals surface area (Å²) in [7, 11) is 0. The van der Waals surface area contributed by atoms with Crippen LogP contribution in [0.4, 0.5) is 0 Å². The SMILES string of the molecule is CCC(N)c1nc(C(=O)NCc2ccc(Cl)cc2)co1. The van der Waals surface area contributed by atoms with E-state index in [1.54, 1.807) is 12.1 Å². The standard InChI is InChI=1S/C14H16ClN3O2/c1-2-11(16)14-18-12(8-20-14)13(19)17-7-9-3-5-10(15)6-4-9/h3-6,8,11H,2,7,16H2,1H3,(H,17,19). The molecule has 0 aliphatic carbocycles. The molecule has 1 amide bonds. The largest absolute Gasteiger partial charge is 0.446 e. The van der Waals surface area contributed by atoms with Gasteiger partial charge in [-0.1, -0.05) is 30.7 Å². The summed E-state index contributed by atoms with van der Waals surface area (Å²) in [5.74, 6) is 0.0856. The third-order valence-corrected chi connectivity index (χ3v) is 3.13. The van der Waals surface area contributed by atoms with Crippen LogP contribution in [-0.4, -0.2) is 10.9 Å². The van der Waals surface area contributed by atoms with Gasteiger partial charge in [-0.25, -0.2) is 4.98 Å². The molecule has 106 valence electrons. The van der Waals surface area contributed by atoms with Crippen LogP contribution in [-0.2, 0) is 6.54 Å². The third-order valence-electron chi connectivity index (χ3n) is 2.88. The summed E-state index contributed by atoms with van der Waals surface area (Å²) in [5.41, 5.74) is 6.98. The highest BCUT2D eigenvalue weighted by molar-refractivity contribution is 6.30. The molecule has 0 saturated heterocycles. The summed E-state index contributed by atoms with van der Waals surface area (Å²) in [6, 6.07) is 6.97. The fourth-order valence-corrected chi connectivity index (χ4v) is 1.74. The Morgan fingerprint density at radius 1 is 1.45 bits per heavy atom. The molecule has 3 N–H and O–H groups in total. The van der Waals surface area contributed by atoms with Crippen molar-refractivity contribution in [3.63, 3.8) is 0 Å². The highest BCUT2D eigenvalue weighted by Crippen LogP contribution is 2.13. The van der Waals surface area contributed by atoms with Gasteiger partial charge in [-0.2, -0.15) is 0 Å². The number of nitrogens with two attached hydrogens (primary N) is 1. The second kappa shape index (κ2) is 6.54. The molecule has 1 atom stereocenters. The Kier molecular flexibility index (Phi) is 4.76. The van der Waals surface area contributed by atoms with Crippen LogP contribution in [0.15, 0.2) is 34.9 Å². The van der Waals surface area contributed by atoms with Gasteiger partial charge in [0.2, 0.25) is 5.89 Å². The number of amides is 1. The molecule has 2 aromatic rings. The molecule has 20 heavy (non-hydrogen) atoms. The van der Waals surface area contributed by atoms with E-state index in [0.29, 0.717) is 23.9 Å². The minimum absolute atomic E-state index is 0.234. The topological polar surface area (TPSA) is 81.1 Å². The minimum atomic E-state index is -0.293. The van der Waals surface area contributed by atoms with Crippen molar-refractivity contribution in [2.75, 3.05) is 0 Å². The van der Waals surface area contributed by atoms with Gasteiger partial charge in [-0.15, -0.1) is 0 Å². The Hall–Kier alpha value is -1.85. The first-order chi connectivity index (χ1) is 9.60. The summed E-state index contributed by atoms with van der Waals surface area (Å²) in [4.78, 5) is 16.0. The van der Waals surface area contributed by atoms with Crippen molar-refractivity contribution in [3.05, 3.63) is 52.7 Å². The van der Waals surface area contributed by atoms with E-state index in [1.165, 1.54) is 6.26 Å². The second-order valence-electron chi connectivity index (χ2n) is 4.39. The average molecular weight is 294 g/mol. The fraction of sp³-hybridized carbons (Fsp3) is 0.286. The molecule has 0 aliphatic heterocycles. The number of nitrogens with one attached hydrogen (secondary N) is 1. The molecule has 6 heteroatoms. The van der Waals surface area contributed by atoms with Crippen molar-refractivity contribution < 1.29 is 9.21 Å². The molecule has 1 aromatic heterocycles. The molecule has 2 rings (SSSR count). The van der Waals surface area contributed by atoms with Gasteiger partial charge in [-0.3, -0.25) is 4.79 Å². The monoisotopic (exact) mass is 293 g/mol. The van der Waals surface area contributed by atoms with Gasteiger partial charge in [0.1, 0.15) is 6.26 Å². The lowest BCUT2D eigenvalue weighted by atomic mass is 10.2. The van der Waals surface area contributed by atoms with Crippen LogP contribution in [0, 0.1) is 0 Å². The highest BCUT2D eigenvalue weighted by atomic mass is 35.5. The number of nitrogens with zero attached hydrogens (tertiary/aromatic N) is 1. The Morgan fingerprint density at radius 2 is 2.15 bits per heavy atom. The highest BCUT2D eigenvalue weighted by Gasteiger charge is 2.15. The summed E-state index contributed by atoms with van der Waals surface area (Å²) in [5, 5.41) is 3.42. The smallest absolute Gasteiger partial charge is 0.273 e. The maximum absolute atomic E-state index is 11.9. The van der Waals surface area contributed by atoms with E-state index in [0.717, 1.165) is 5.56 Å². The molecule has 5 nitrogen and oxygen atoms in total. The molecule has 0 saturated carbocycles. The predicted molar refractivity (Wildman–Crippen MR) is 76.3 cm³/mol. The number of halogens is 1. The molecular weight excluding hydrogens is 278 g/mol. The van der Waals surface area contributed by atoms with E-state index in [4.69, 9.17) is 21.8 Å². The molecule has 0 bridgehead atoms. The quantitative estimate of drug-likeness (QED) is 0.888. The summed E-state index contributed by atoms with van der Waals surface area (Å²) < 4.78 is 5.19.